The summed E-state index contributed by atoms with van der Waals surface area (Å²) < 4.78 is 8.19. The van der Waals surface area contributed by atoms with Crippen LogP contribution in [-0.4, -0.2) is 4.57 Å². The van der Waals surface area contributed by atoms with Gasteiger partial charge in [0.1, 0.15) is 11.5 Å². The molecule has 0 saturated heterocycles. The fraction of sp³-hybridized carbons (Fsp3) is 0.500. The lowest BCUT2D eigenvalue weighted by Crippen LogP contribution is -2.19. The van der Waals surface area contributed by atoms with E-state index in [1.165, 1.54) is 23.4 Å². The highest BCUT2D eigenvalue weighted by Crippen LogP contribution is 2.34. The molecule has 2 unspecified atom stereocenters. The Bertz CT molecular complexity index is 594. The molecule has 0 saturated carbocycles. The minimum absolute atomic E-state index is 0.203. The summed E-state index contributed by atoms with van der Waals surface area (Å²) in [5, 5.41) is 0. The van der Waals surface area contributed by atoms with Gasteiger partial charge in [0.2, 0.25) is 0 Å². The van der Waals surface area contributed by atoms with Gasteiger partial charge in [-0.1, -0.05) is 0 Å². The number of hydrogen-bond acceptors (Lipinski definition) is 2. The summed E-state index contributed by atoms with van der Waals surface area (Å²) in [5.41, 5.74) is 10.2. The highest BCUT2D eigenvalue weighted by atomic mass is 16.3. The minimum Gasteiger partial charge on any atom is -0.464 e. The van der Waals surface area contributed by atoms with Gasteiger partial charge >= 0.3 is 0 Å². The van der Waals surface area contributed by atoms with Crippen LogP contribution in [0.25, 0.3) is 0 Å². The number of hydrogen-bond donors (Lipinski definition) is 1. The fourth-order valence-electron chi connectivity index (χ4n) is 3.31. The second-order valence-corrected chi connectivity index (χ2v) is 5.68. The van der Waals surface area contributed by atoms with Gasteiger partial charge in [0.25, 0.3) is 0 Å². The Morgan fingerprint density at radius 2 is 2.16 bits per heavy atom. The summed E-state index contributed by atoms with van der Waals surface area (Å²) in [6.07, 6.45) is 3.41. The second-order valence-electron chi connectivity index (χ2n) is 5.68. The fourth-order valence-corrected chi connectivity index (χ4v) is 3.31. The molecular weight excluding hydrogens is 236 g/mol. The predicted molar refractivity (Wildman–Crippen MR) is 76.3 cm³/mol. The monoisotopic (exact) mass is 258 g/mol. The van der Waals surface area contributed by atoms with Crippen LogP contribution in [0.5, 0.6) is 0 Å². The molecule has 3 rings (SSSR count). The third-order valence-electron chi connectivity index (χ3n) is 4.26. The van der Waals surface area contributed by atoms with Crippen LogP contribution in [0.3, 0.4) is 0 Å². The van der Waals surface area contributed by atoms with Crippen molar-refractivity contribution in [3.63, 3.8) is 0 Å². The average molecular weight is 258 g/mol. The lowest BCUT2D eigenvalue weighted by molar-refractivity contribution is 0.416. The van der Waals surface area contributed by atoms with Crippen LogP contribution in [0.15, 0.2) is 22.6 Å². The van der Waals surface area contributed by atoms with E-state index in [1.54, 1.807) is 0 Å². The molecule has 19 heavy (non-hydrogen) atoms. The molecule has 1 aliphatic carbocycles. The van der Waals surface area contributed by atoms with E-state index in [4.69, 9.17) is 10.2 Å². The van der Waals surface area contributed by atoms with Crippen LogP contribution in [-0.2, 0) is 6.42 Å². The zero-order valence-corrected chi connectivity index (χ0v) is 11.9. The molecule has 0 spiro atoms. The summed E-state index contributed by atoms with van der Waals surface area (Å²) >= 11 is 0. The molecular formula is C16H22N2O. The molecule has 0 radical (unpaired) electrons. The number of aromatic nitrogens is 1. The van der Waals surface area contributed by atoms with E-state index in [-0.39, 0.29) is 12.1 Å². The third-order valence-corrected chi connectivity index (χ3v) is 4.26. The van der Waals surface area contributed by atoms with Gasteiger partial charge in [0.15, 0.2) is 0 Å². The van der Waals surface area contributed by atoms with Crippen LogP contribution in [0.2, 0.25) is 0 Å². The maximum Gasteiger partial charge on any atom is 0.126 e. The van der Waals surface area contributed by atoms with Crippen LogP contribution >= 0.6 is 0 Å². The Morgan fingerprint density at radius 3 is 2.84 bits per heavy atom. The van der Waals surface area contributed by atoms with Gasteiger partial charge in [-0.2, -0.15) is 0 Å². The third kappa shape index (κ3) is 2.02. The Balaban J connectivity index is 2.05. The SMILES string of the molecule is Cc1ccc(C(C)n2c(C)cc3c2CCCC3N)o1. The van der Waals surface area contributed by atoms with Crippen molar-refractivity contribution < 1.29 is 4.42 Å². The number of aryl methyl sites for hydroxylation is 2. The van der Waals surface area contributed by atoms with E-state index in [0.717, 1.165) is 24.4 Å². The molecule has 2 heterocycles. The highest BCUT2D eigenvalue weighted by molar-refractivity contribution is 5.34. The maximum absolute atomic E-state index is 6.23. The van der Waals surface area contributed by atoms with Crippen molar-refractivity contribution in [1.82, 2.24) is 4.57 Å². The molecule has 2 aromatic rings. The molecule has 2 atom stereocenters. The van der Waals surface area contributed by atoms with Crippen LogP contribution in [0.1, 0.15) is 60.3 Å². The smallest absolute Gasteiger partial charge is 0.126 e. The molecule has 3 nitrogen and oxygen atoms in total. The number of nitrogens with two attached hydrogens (primary N) is 1. The Kier molecular flexibility index (Phi) is 3.02. The van der Waals surface area contributed by atoms with Gasteiger partial charge in [-0.25, -0.2) is 0 Å². The standard InChI is InChI=1S/C16H22N2O/c1-10-9-13-14(17)5-4-6-15(13)18(10)12(3)16-8-7-11(2)19-16/h7-9,12,14H,4-6,17H2,1-3H3. The number of furan rings is 1. The maximum atomic E-state index is 6.23. The molecule has 3 heteroatoms. The van der Waals surface area contributed by atoms with Gasteiger partial charge in [-0.15, -0.1) is 0 Å². The van der Waals surface area contributed by atoms with E-state index in [2.05, 4.69) is 30.5 Å². The van der Waals surface area contributed by atoms with Crippen molar-refractivity contribution in [2.45, 2.75) is 52.1 Å². The topological polar surface area (TPSA) is 44.1 Å². The zero-order valence-electron chi connectivity index (χ0n) is 11.9. The first-order valence-electron chi connectivity index (χ1n) is 7.10. The van der Waals surface area contributed by atoms with Crippen molar-refractivity contribution in [3.8, 4) is 0 Å². The van der Waals surface area contributed by atoms with E-state index in [9.17, 15) is 0 Å². The van der Waals surface area contributed by atoms with Gasteiger partial charge < -0.3 is 14.7 Å². The molecule has 2 aromatic heterocycles. The normalized spacial score (nSPS) is 20.3. The molecule has 0 amide bonds. The van der Waals surface area contributed by atoms with Gasteiger partial charge in [0.05, 0.1) is 6.04 Å². The highest BCUT2D eigenvalue weighted by Gasteiger charge is 2.25. The first-order chi connectivity index (χ1) is 9.08. The second kappa shape index (κ2) is 4.57. The van der Waals surface area contributed by atoms with E-state index in [1.807, 2.05) is 13.0 Å². The molecule has 0 aromatic carbocycles. The van der Waals surface area contributed by atoms with Crippen molar-refractivity contribution in [2.75, 3.05) is 0 Å². The molecule has 0 bridgehead atoms. The van der Waals surface area contributed by atoms with Crippen molar-refractivity contribution >= 4 is 0 Å². The predicted octanol–water partition coefficient (Wildman–Crippen LogP) is 3.64. The summed E-state index contributed by atoms with van der Waals surface area (Å²) in [5.74, 6) is 2.00. The van der Waals surface area contributed by atoms with Gasteiger partial charge in [0, 0.05) is 17.4 Å². The molecule has 0 aliphatic heterocycles. The largest absolute Gasteiger partial charge is 0.464 e. The zero-order chi connectivity index (χ0) is 13.6. The Hall–Kier alpha value is -1.48. The Morgan fingerprint density at radius 1 is 1.37 bits per heavy atom. The van der Waals surface area contributed by atoms with Crippen LogP contribution < -0.4 is 5.73 Å². The summed E-state index contributed by atoms with van der Waals surface area (Å²) in [4.78, 5) is 0. The number of nitrogens with zero attached hydrogens (tertiary/aromatic N) is 1. The first-order valence-corrected chi connectivity index (χ1v) is 7.10. The Labute approximate surface area is 114 Å². The van der Waals surface area contributed by atoms with Crippen LogP contribution in [0, 0.1) is 13.8 Å². The minimum atomic E-state index is 0.203. The molecule has 102 valence electrons. The molecule has 1 aliphatic rings. The summed E-state index contributed by atoms with van der Waals surface area (Å²) in [7, 11) is 0. The van der Waals surface area contributed by atoms with E-state index >= 15 is 0 Å². The van der Waals surface area contributed by atoms with Crippen molar-refractivity contribution in [3.05, 3.63) is 46.7 Å². The van der Waals surface area contributed by atoms with Gasteiger partial charge in [-0.3, -0.25) is 0 Å². The van der Waals surface area contributed by atoms with Crippen LogP contribution in [0.4, 0.5) is 0 Å². The molecule has 0 fully saturated rings. The first kappa shape index (κ1) is 12.5. The summed E-state index contributed by atoms with van der Waals surface area (Å²) in [6, 6.07) is 6.81. The van der Waals surface area contributed by atoms with E-state index < -0.39 is 0 Å². The lowest BCUT2D eigenvalue weighted by atomic mass is 9.93. The number of fused-ring (bicyclic) bond motifs is 1. The van der Waals surface area contributed by atoms with Crippen molar-refractivity contribution in [1.29, 1.82) is 0 Å². The number of rotatable bonds is 2. The van der Waals surface area contributed by atoms with E-state index in [0.29, 0.717) is 0 Å². The molecule has 2 N–H and O–H groups in total. The lowest BCUT2D eigenvalue weighted by Gasteiger charge is -2.23. The quantitative estimate of drug-likeness (QED) is 0.893. The average Bonchev–Trinajstić information content (AvgIpc) is 2.93. The van der Waals surface area contributed by atoms with Crippen molar-refractivity contribution in [2.24, 2.45) is 5.73 Å². The summed E-state index contributed by atoms with van der Waals surface area (Å²) in [6.45, 7) is 6.35. The van der Waals surface area contributed by atoms with Gasteiger partial charge in [-0.05, 0) is 63.8 Å².